The lowest BCUT2D eigenvalue weighted by atomic mass is 9.77. The summed E-state index contributed by atoms with van der Waals surface area (Å²) in [6.07, 6.45) is -7.36. The summed E-state index contributed by atoms with van der Waals surface area (Å²) in [6, 6.07) is -0.667. The Balaban J connectivity index is 2.19. The van der Waals surface area contributed by atoms with E-state index in [2.05, 4.69) is 0 Å². The lowest BCUT2D eigenvalue weighted by Crippen LogP contribution is -2.60. The van der Waals surface area contributed by atoms with Gasteiger partial charge in [0.15, 0.2) is 12.6 Å². The van der Waals surface area contributed by atoms with E-state index >= 15 is 0 Å². The van der Waals surface area contributed by atoms with Crippen LogP contribution in [0.25, 0.3) is 0 Å². The van der Waals surface area contributed by atoms with Gasteiger partial charge in [-0.2, -0.15) is 0 Å². The van der Waals surface area contributed by atoms with Crippen molar-refractivity contribution in [1.82, 2.24) is 9.80 Å². The van der Waals surface area contributed by atoms with Crippen molar-refractivity contribution >= 4 is 5.97 Å². The van der Waals surface area contributed by atoms with Crippen LogP contribution in [0.15, 0.2) is 0 Å². The Hall–Kier alpha value is -1.01. The number of hydrogen-bond acceptors (Lipinski definition) is 14. The first-order valence-corrected chi connectivity index (χ1v) is 19.5. The van der Waals surface area contributed by atoms with Crippen LogP contribution in [-0.2, 0) is 38.0 Å². The van der Waals surface area contributed by atoms with E-state index in [0.717, 1.165) is 0 Å². The van der Waals surface area contributed by atoms with Crippen LogP contribution in [-0.4, -0.2) is 168 Å². The van der Waals surface area contributed by atoms with Gasteiger partial charge in [0.25, 0.3) is 0 Å². The van der Waals surface area contributed by atoms with Crippen molar-refractivity contribution in [3.63, 3.8) is 0 Å². The molecule has 0 aromatic heterocycles. The molecule has 53 heavy (non-hydrogen) atoms. The third kappa shape index (κ3) is 10.3. The quantitative estimate of drug-likeness (QED) is 0.266. The molecule has 0 saturated carbocycles. The minimum Gasteiger partial charge on any atom is -0.459 e. The molecular weight excluding hydrogens is 688 g/mol. The molecule has 0 bridgehead atoms. The number of esters is 1. The zero-order chi connectivity index (χ0) is 40.4. The van der Waals surface area contributed by atoms with Crippen LogP contribution in [0.4, 0.5) is 0 Å². The summed E-state index contributed by atoms with van der Waals surface area (Å²) >= 11 is 0. The lowest BCUT2D eigenvalue weighted by molar-refractivity contribution is -0.318. The number of hydrogen-bond donors (Lipinski definition) is 4. The first kappa shape index (κ1) is 46.4. The summed E-state index contributed by atoms with van der Waals surface area (Å²) in [7, 11) is 8.73. The second kappa shape index (κ2) is 18.5. The van der Waals surface area contributed by atoms with Crippen molar-refractivity contribution in [2.75, 3.05) is 41.9 Å². The molecule has 0 amide bonds. The molecule has 3 saturated heterocycles. The second-order valence-corrected chi connectivity index (χ2v) is 17.3. The molecule has 3 heterocycles. The Kier molecular flexibility index (Phi) is 16.2. The molecule has 3 aliphatic rings. The maximum Gasteiger partial charge on any atom is 0.311 e. The summed E-state index contributed by atoms with van der Waals surface area (Å²) in [5.41, 5.74) is -3.79. The van der Waals surface area contributed by atoms with Gasteiger partial charge in [-0.05, 0) is 94.8 Å². The van der Waals surface area contributed by atoms with Gasteiger partial charge in [0.05, 0.1) is 41.5 Å². The van der Waals surface area contributed by atoms with E-state index in [1.165, 1.54) is 14.2 Å². The molecule has 4 N–H and O–H groups in total. The van der Waals surface area contributed by atoms with E-state index in [4.69, 9.17) is 33.2 Å². The Labute approximate surface area is 318 Å². The highest BCUT2D eigenvalue weighted by Crippen LogP contribution is 2.40. The average molecular weight is 763 g/mol. The molecule has 3 fully saturated rings. The molecule has 0 aliphatic carbocycles. The molecule has 0 unspecified atom stereocenters. The number of carbonyl (C=O) groups is 1. The average Bonchev–Trinajstić information content (AvgIpc) is 3.09. The molecule has 0 aromatic carbocycles. The van der Waals surface area contributed by atoms with Gasteiger partial charge in [-0.1, -0.05) is 20.8 Å². The van der Waals surface area contributed by atoms with Gasteiger partial charge in [0.1, 0.15) is 30.0 Å². The normalized spacial score (nSPS) is 48.9. The molecule has 14 nitrogen and oxygen atoms in total. The molecule has 0 spiro atoms. The van der Waals surface area contributed by atoms with Gasteiger partial charge in [-0.3, -0.25) is 4.79 Å². The fourth-order valence-electron chi connectivity index (χ4n) is 8.97. The number of nitrogens with zero attached hydrogens (tertiary/aromatic N) is 2. The van der Waals surface area contributed by atoms with Crippen molar-refractivity contribution < 1.29 is 58.4 Å². The standard InChI is InChI=1S/C39H74N2O12/c1-16-28-39(10,48-15)32(43)25(6)41(13)20-21(2)18-37(8,46)34(53-36-30(42)27(40(11)12)17-22(3)49-36)23(4)31(24(5)35(45)51-28)52-29-19-38(9,47-14)33(44)26(7)50-29/h21-34,36,42-44,46H,16-20H2,1-15H3/t21-,22-,23+,24-,25-,26+,27+,28-,29+,30-,31+,32-,33+,34-,36+,37-,38-,39-/m1/s1. The predicted molar refractivity (Wildman–Crippen MR) is 199 cm³/mol. The number of methoxy groups -OCH3 is 2. The Morgan fingerprint density at radius 3 is 2.09 bits per heavy atom. The maximum absolute atomic E-state index is 14.4. The molecule has 14 heteroatoms. The van der Waals surface area contributed by atoms with E-state index in [-0.39, 0.29) is 30.9 Å². The minimum atomic E-state index is -1.53. The topological polar surface area (TPSA) is 169 Å². The Morgan fingerprint density at radius 2 is 1.55 bits per heavy atom. The fraction of sp³-hybridized carbons (Fsp3) is 0.974. The molecule has 3 aliphatic heterocycles. The van der Waals surface area contributed by atoms with E-state index < -0.39 is 96.0 Å². The Morgan fingerprint density at radius 1 is 0.925 bits per heavy atom. The monoisotopic (exact) mass is 763 g/mol. The molecule has 0 radical (unpaired) electrons. The summed E-state index contributed by atoms with van der Waals surface area (Å²) < 4.78 is 43.9. The van der Waals surface area contributed by atoms with Gasteiger partial charge >= 0.3 is 5.97 Å². The van der Waals surface area contributed by atoms with E-state index in [1.807, 2.05) is 65.6 Å². The zero-order valence-corrected chi connectivity index (χ0v) is 35.1. The third-order valence-electron chi connectivity index (χ3n) is 12.6. The second-order valence-electron chi connectivity index (χ2n) is 17.3. The van der Waals surface area contributed by atoms with Gasteiger partial charge in [0.2, 0.25) is 0 Å². The van der Waals surface area contributed by atoms with Gasteiger partial charge in [-0.15, -0.1) is 0 Å². The lowest BCUT2D eigenvalue weighted by Gasteiger charge is -2.48. The molecule has 18 atom stereocenters. The van der Waals surface area contributed by atoms with E-state index in [0.29, 0.717) is 19.4 Å². The highest BCUT2D eigenvalue weighted by Gasteiger charge is 2.53. The minimum absolute atomic E-state index is 0.101. The van der Waals surface area contributed by atoms with Gasteiger partial charge in [-0.25, -0.2) is 0 Å². The van der Waals surface area contributed by atoms with Crippen molar-refractivity contribution in [2.45, 2.75) is 185 Å². The predicted octanol–water partition coefficient (Wildman–Crippen LogP) is 2.55. The van der Waals surface area contributed by atoms with E-state index in [1.54, 1.807) is 34.6 Å². The molecular formula is C39H74N2O12. The zero-order valence-electron chi connectivity index (χ0n) is 35.1. The number of aliphatic hydroxyl groups excluding tert-OH is 3. The van der Waals surface area contributed by atoms with Crippen LogP contribution < -0.4 is 0 Å². The highest BCUT2D eigenvalue weighted by atomic mass is 16.7. The summed E-state index contributed by atoms with van der Waals surface area (Å²) in [6.45, 7) is 18.8. The number of aliphatic hydroxyl groups is 4. The summed E-state index contributed by atoms with van der Waals surface area (Å²) in [5, 5.41) is 46.9. The molecule has 0 aromatic rings. The molecule has 312 valence electrons. The maximum atomic E-state index is 14.4. The van der Waals surface area contributed by atoms with Crippen LogP contribution in [0.3, 0.4) is 0 Å². The smallest absolute Gasteiger partial charge is 0.311 e. The van der Waals surface area contributed by atoms with Crippen LogP contribution in [0, 0.1) is 17.8 Å². The number of cyclic esters (lactones) is 1. The highest BCUT2D eigenvalue weighted by molar-refractivity contribution is 5.73. The van der Waals surface area contributed by atoms with Crippen molar-refractivity contribution in [2.24, 2.45) is 17.8 Å². The van der Waals surface area contributed by atoms with Crippen molar-refractivity contribution in [1.29, 1.82) is 0 Å². The number of likely N-dealkylation sites (N-methyl/N-ethyl adjacent to an activating group) is 2. The first-order chi connectivity index (χ1) is 24.5. The largest absolute Gasteiger partial charge is 0.459 e. The van der Waals surface area contributed by atoms with Crippen LogP contribution >= 0.6 is 0 Å². The van der Waals surface area contributed by atoms with Crippen molar-refractivity contribution in [3.05, 3.63) is 0 Å². The van der Waals surface area contributed by atoms with Crippen molar-refractivity contribution in [3.8, 4) is 0 Å². The Bertz CT molecular complexity index is 1160. The van der Waals surface area contributed by atoms with Crippen LogP contribution in [0.2, 0.25) is 0 Å². The number of rotatable bonds is 8. The first-order valence-electron chi connectivity index (χ1n) is 19.5. The fourth-order valence-corrected chi connectivity index (χ4v) is 8.97. The summed E-state index contributed by atoms with van der Waals surface area (Å²) in [5.74, 6) is -2.37. The molecule has 3 rings (SSSR count). The SMILES string of the molecule is CC[C@H]1OC(=O)[C@H](C)[C@@H](O[C@H]2C[C@@](C)(OC)[C@@H](O)[C@H](C)O2)[C@H](C)[C@@H](O[C@@H]2O[C@H](C)C[C@H](N(C)C)[C@H]2O)[C@](C)(O)C[C@@H](C)CN(C)[C@H](C)[C@@H](O)[C@]1(C)OC. The van der Waals surface area contributed by atoms with Crippen LogP contribution in [0.5, 0.6) is 0 Å². The number of carbonyl (C=O) groups excluding carboxylic acids is 1. The van der Waals surface area contributed by atoms with Crippen LogP contribution in [0.1, 0.15) is 94.9 Å². The third-order valence-corrected chi connectivity index (χ3v) is 12.6. The summed E-state index contributed by atoms with van der Waals surface area (Å²) in [4.78, 5) is 18.3. The van der Waals surface area contributed by atoms with E-state index in [9.17, 15) is 25.2 Å². The van der Waals surface area contributed by atoms with Gasteiger partial charge in [0, 0.05) is 45.2 Å². The van der Waals surface area contributed by atoms with Gasteiger partial charge < -0.3 is 63.4 Å². The number of ether oxygens (including phenoxy) is 7.